The molecule has 0 spiro atoms. The maximum Gasteiger partial charge on any atom is 0.176 e. The molecule has 0 unspecified atom stereocenters. The van der Waals surface area contributed by atoms with Crippen LogP contribution in [0.1, 0.15) is 11.1 Å². The Morgan fingerprint density at radius 3 is 1.75 bits per heavy atom. The summed E-state index contributed by atoms with van der Waals surface area (Å²) in [5.41, 5.74) is 0.210. The van der Waals surface area contributed by atoms with E-state index in [1.54, 1.807) is 0 Å². The van der Waals surface area contributed by atoms with Crippen molar-refractivity contribution in [2.24, 2.45) is 0 Å². The first kappa shape index (κ1) is 17.7. The van der Waals surface area contributed by atoms with Crippen LogP contribution in [-0.4, -0.2) is 29.6 Å². The van der Waals surface area contributed by atoms with E-state index in [0.717, 1.165) is 24.2 Å². The predicted octanol–water partition coefficient (Wildman–Crippen LogP) is 3.60. The summed E-state index contributed by atoms with van der Waals surface area (Å²) in [7, 11) is 0. The first-order valence-corrected chi connectivity index (χ1v) is 7.98. The smallest absolute Gasteiger partial charge is 0.176 e. The van der Waals surface area contributed by atoms with Crippen molar-refractivity contribution in [3.63, 3.8) is 0 Å². The summed E-state index contributed by atoms with van der Waals surface area (Å²) in [5.74, 6) is 6.19. The molecule has 2 aromatic rings. The number of nitrogens with zero attached hydrogens (tertiary/aromatic N) is 1. The summed E-state index contributed by atoms with van der Waals surface area (Å²) in [6.45, 7) is 9.53. The minimum atomic E-state index is -1.32. The monoisotopic (exact) mass is 317 g/mol. The Hall–Kier alpha value is -2.60. The van der Waals surface area contributed by atoms with Crippen LogP contribution in [0.25, 0.3) is 0 Å². The average Bonchev–Trinajstić information content (AvgIpc) is 2.63. The topological polar surface area (TPSA) is 23.5 Å². The van der Waals surface area contributed by atoms with E-state index in [4.69, 9.17) is 0 Å². The molecule has 2 aromatic carbocycles. The van der Waals surface area contributed by atoms with Crippen molar-refractivity contribution in [2.45, 2.75) is 5.60 Å². The summed E-state index contributed by atoms with van der Waals surface area (Å²) in [5, 5.41) is 11.3. The van der Waals surface area contributed by atoms with E-state index in [2.05, 4.69) is 29.9 Å². The van der Waals surface area contributed by atoms with Crippen molar-refractivity contribution in [3.8, 4) is 11.8 Å². The van der Waals surface area contributed by atoms with E-state index in [1.807, 2.05) is 72.8 Å². The minimum absolute atomic E-state index is 0.542. The first-order chi connectivity index (χ1) is 11.7. The number of rotatable bonds is 7. The molecule has 0 bridgehead atoms. The minimum Gasteiger partial charge on any atom is -0.369 e. The van der Waals surface area contributed by atoms with Gasteiger partial charge in [0.15, 0.2) is 5.60 Å². The molecule has 122 valence electrons. The van der Waals surface area contributed by atoms with Gasteiger partial charge in [0.2, 0.25) is 0 Å². The van der Waals surface area contributed by atoms with Gasteiger partial charge >= 0.3 is 0 Å². The van der Waals surface area contributed by atoms with E-state index in [0.29, 0.717) is 6.54 Å². The Morgan fingerprint density at radius 2 is 1.33 bits per heavy atom. The van der Waals surface area contributed by atoms with Crippen LogP contribution in [0.5, 0.6) is 0 Å². The quantitative estimate of drug-likeness (QED) is 0.623. The molecule has 24 heavy (non-hydrogen) atoms. The zero-order valence-corrected chi connectivity index (χ0v) is 13.9. The number of hydrogen-bond acceptors (Lipinski definition) is 2. The van der Waals surface area contributed by atoms with E-state index >= 15 is 0 Å². The van der Waals surface area contributed by atoms with Gasteiger partial charge in [-0.3, -0.25) is 4.90 Å². The van der Waals surface area contributed by atoms with Gasteiger partial charge in [-0.2, -0.15) is 0 Å². The average molecular weight is 317 g/mol. The summed E-state index contributed by atoms with van der Waals surface area (Å²) in [4.78, 5) is 2.10. The van der Waals surface area contributed by atoms with Gasteiger partial charge in [-0.05, 0) is 0 Å². The fourth-order valence-electron chi connectivity index (χ4n) is 2.52. The summed E-state index contributed by atoms with van der Waals surface area (Å²) >= 11 is 0. The van der Waals surface area contributed by atoms with Crippen molar-refractivity contribution in [1.82, 2.24) is 4.90 Å². The van der Waals surface area contributed by atoms with Crippen molar-refractivity contribution in [3.05, 3.63) is 97.1 Å². The third-order valence-corrected chi connectivity index (χ3v) is 3.73. The molecular formula is C22H23NO. The molecule has 0 saturated carbocycles. The van der Waals surface area contributed by atoms with Crippen molar-refractivity contribution in [2.75, 3.05) is 19.6 Å². The van der Waals surface area contributed by atoms with Crippen molar-refractivity contribution in [1.29, 1.82) is 0 Å². The highest BCUT2D eigenvalue weighted by molar-refractivity contribution is 5.44. The maximum absolute atomic E-state index is 11.3. The maximum atomic E-state index is 11.3. The summed E-state index contributed by atoms with van der Waals surface area (Å²) < 4.78 is 0. The van der Waals surface area contributed by atoms with E-state index in [9.17, 15) is 5.11 Å². The highest BCUT2D eigenvalue weighted by atomic mass is 16.3. The normalized spacial score (nSPS) is 10.8. The fourth-order valence-corrected chi connectivity index (χ4v) is 2.52. The van der Waals surface area contributed by atoms with E-state index in [-0.39, 0.29) is 0 Å². The van der Waals surface area contributed by atoms with Gasteiger partial charge in [0, 0.05) is 24.2 Å². The second-order valence-corrected chi connectivity index (χ2v) is 5.52. The molecule has 2 heteroatoms. The second kappa shape index (κ2) is 8.88. The molecule has 2 nitrogen and oxygen atoms in total. The van der Waals surface area contributed by atoms with Crippen LogP contribution in [0.4, 0.5) is 0 Å². The highest BCUT2D eigenvalue weighted by Crippen LogP contribution is 2.28. The van der Waals surface area contributed by atoms with Gasteiger partial charge in [0.1, 0.15) is 0 Å². The molecule has 0 aliphatic rings. The highest BCUT2D eigenvalue weighted by Gasteiger charge is 2.28. The lowest BCUT2D eigenvalue weighted by Gasteiger charge is -2.24. The van der Waals surface area contributed by atoms with Crippen LogP contribution >= 0.6 is 0 Å². The summed E-state index contributed by atoms with van der Waals surface area (Å²) in [6, 6.07) is 19.1. The van der Waals surface area contributed by atoms with Gasteiger partial charge < -0.3 is 5.11 Å². The Morgan fingerprint density at radius 1 is 0.875 bits per heavy atom. The van der Waals surface area contributed by atoms with Crippen LogP contribution in [0.2, 0.25) is 0 Å². The standard InChI is InChI=1S/C22H23NO/c1-3-17-23(18-4-2)19-11-16-22(24,20-12-7-5-8-13-20)21-14-9-6-10-15-21/h3-10,12-15,24H,1-2,17-19H2. The molecule has 0 aliphatic carbocycles. The largest absolute Gasteiger partial charge is 0.369 e. The first-order valence-electron chi connectivity index (χ1n) is 7.98. The van der Waals surface area contributed by atoms with Crippen molar-refractivity contribution >= 4 is 0 Å². The number of benzene rings is 2. The van der Waals surface area contributed by atoms with E-state index < -0.39 is 5.60 Å². The van der Waals surface area contributed by atoms with Crippen LogP contribution < -0.4 is 0 Å². The van der Waals surface area contributed by atoms with Crippen molar-refractivity contribution < 1.29 is 5.11 Å². The molecule has 0 aromatic heterocycles. The SMILES string of the molecule is C=CCN(CC#CC(O)(c1ccccc1)c1ccccc1)CC=C. The third kappa shape index (κ3) is 4.45. The van der Waals surface area contributed by atoms with Crippen LogP contribution in [-0.2, 0) is 5.60 Å². The van der Waals surface area contributed by atoms with Gasteiger partial charge in [0.25, 0.3) is 0 Å². The van der Waals surface area contributed by atoms with Crippen LogP contribution in [0, 0.1) is 11.8 Å². The lowest BCUT2D eigenvalue weighted by molar-refractivity contribution is 0.145. The number of aliphatic hydroxyl groups is 1. The molecule has 0 radical (unpaired) electrons. The lowest BCUT2D eigenvalue weighted by atomic mass is 9.87. The summed E-state index contributed by atoms with van der Waals surface area (Å²) in [6.07, 6.45) is 3.68. The Bertz CT molecular complexity index is 660. The zero-order valence-electron chi connectivity index (χ0n) is 13.9. The molecule has 2 rings (SSSR count). The molecule has 0 aliphatic heterocycles. The predicted molar refractivity (Wildman–Crippen MR) is 100 cm³/mol. The fraction of sp³-hybridized carbons (Fsp3) is 0.182. The molecule has 0 heterocycles. The van der Waals surface area contributed by atoms with Gasteiger partial charge in [0.05, 0.1) is 6.54 Å². The molecule has 1 N–H and O–H groups in total. The zero-order chi connectivity index (χ0) is 17.3. The number of hydrogen-bond donors (Lipinski definition) is 1. The molecule has 0 fully saturated rings. The van der Waals surface area contributed by atoms with Crippen LogP contribution in [0.3, 0.4) is 0 Å². The molecule has 0 amide bonds. The molecule has 0 saturated heterocycles. The van der Waals surface area contributed by atoms with Crippen LogP contribution in [0.15, 0.2) is 86.0 Å². The van der Waals surface area contributed by atoms with Gasteiger partial charge in [-0.15, -0.1) is 13.2 Å². The second-order valence-electron chi connectivity index (χ2n) is 5.52. The lowest BCUT2D eigenvalue weighted by Crippen LogP contribution is -2.27. The molecular weight excluding hydrogens is 294 g/mol. The van der Waals surface area contributed by atoms with E-state index in [1.165, 1.54) is 0 Å². The Balaban J connectivity index is 2.33. The Kier molecular flexibility index (Phi) is 6.57. The Labute approximate surface area is 144 Å². The van der Waals surface area contributed by atoms with Gasteiger partial charge in [-0.25, -0.2) is 0 Å². The van der Waals surface area contributed by atoms with Gasteiger partial charge in [-0.1, -0.05) is 84.7 Å². The molecule has 0 atom stereocenters. The third-order valence-electron chi connectivity index (χ3n) is 3.73.